The molecule has 37 heavy (non-hydrogen) atoms. The maximum absolute atomic E-state index is 11.6. The Morgan fingerprint density at radius 3 is 1.16 bits per heavy atom. The van der Waals surface area contributed by atoms with E-state index in [1.807, 2.05) is 0 Å². The largest absolute Gasteiger partial charge is 0.550 e. The Kier molecular flexibility index (Phi) is 20.4. The average molecular weight is 528 g/mol. The summed E-state index contributed by atoms with van der Waals surface area (Å²) in [6, 6.07) is 0. The van der Waals surface area contributed by atoms with Crippen LogP contribution in [0.4, 0.5) is 0 Å². The van der Waals surface area contributed by atoms with Gasteiger partial charge in [-0.25, -0.2) is 0 Å². The van der Waals surface area contributed by atoms with Gasteiger partial charge in [0.05, 0.1) is 26.2 Å². The molecule has 3 unspecified atom stereocenters. The summed E-state index contributed by atoms with van der Waals surface area (Å²) in [5.74, 6) is -5.22. The summed E-state index contributed by atoms with van der Waals surface area (Å²) in [5, 5.41) is 30.5. The summed E-state index contributed by atoms with van der Waals surface area (Å²) >= 11 is 0. The monoisotopic (exact) mass is 527 g/mol. The van der Waals surface area contributed by atoms with Crippen molar-refractivity contribution in [3.05, 3.63) is 0 Å². The van der Waals surface area contributed by atoms with E-state index in [1.54, 1.807) is 20.8 Å². The fourth-order valence-electron chi connectivity index (χ4n) is 5.47. The number of carbonyl (C=O) groups excluding carboxylic acids is 1. The average Bonchev–Trinajstić information content (AvgIpc) is 2.83. The minimum absolute atomic E-state index is 0.189. The van der Waals surface area contributed by atoms with Crippen LogP contribution in [0.3, 0.4) is 0 Å². The quantitative estimate of drug-likeness (QED) is 0.107. The summed E-state index contributed by atoms with van der Waals surface area (Å²) in [4.78, 5) is 34.7. The molecule has 7 nitrogen and oxygen atoms in total. The lowest BCUT2D eigenvalue weighted by Crippen LogP contribution is -2.58. The molecular formula is C30H57NO6. The van der Waals surface area contributed by atoms with E-state index in [1.165, 1.54) is 83.5 Å². The fourth-order valence-corrected chi connectivity index (χ4v) is 5.47. The van der Waals surface area contributed by atoms with Gasteiger partial charge in [-0.3, -0.25) is 9.59 Å². The number of hydrogen-bond donors (Lipinski definition) is 2. The number of carbonyl (C=O) groups is 3. The molecule has 0 aromatic heterocycles. The lowest BCUT2D eigenvalue weighted by Gasteiger charge is -2.43. The van der Waals surface area contributed by atoms with Crippen LogP contribution in [0.5, 0.6) is 0 Å². The molecule has 0 heterocycles. The topological polar surface area (TPSA) is 115 Å². The number of carboxylic acid groups (broad SMARTS) is 3. The second-order valence-electron chi connectivity index (χ2n) is 11.6. The molecular weight excluding hydrogens is 470 g/mol. The number of hydrogen-bond acceptors (Lipinski definition) is 4. The van der Waals surface area contributed by atoms with Crippen LogP contribution >= 0.6 is 0 Å². The lowest BCUT2D eigenvalue weighted by atomic mass is 10.00. The molecule has 0 aliphatic rings. The van der Waals surface area contributed by atoms with Crippen molar-refractivity contribution in [2.75, 3.05) is 26.2 Å². The number of rotatable bonds is 26. The van der Waals surface area contributed by atoms with Crippen LogP contribution in [0.1, 0.15) is 130 Å². The lowest BCUT2D eigenvalue weighted by molar-refractivity contribution is -0.934. The number of aliphatic carboxylic acids is 3. The van der Waals surface area contributed by atoms with Gasteiger partial charge in [-0.05, 0) is 26.7 Å². The minimum atomic E-state index is -1.18. The SMILES string of the molecule is CCCCCCCCCCCCCCCCCC[N+](CC(C)C(=O)[O-])(CC(C)C(=O)O)CC(C)C(=O)O. The van der Waals surface area contributed by atoms with Crippen molar-refractivity contribution < 1.29 is 34.2 Å². The number of carboxylic acids is 3. The molecule has 0 amide bonds. The highest BCUT2D eigenvalue weighted by atomic mass is 16.4. The van der Waals surface area contributed by atoms with Crippen LogP contribution in [-0.4, -0.2) is 58.8 Å². The Morgan fingerprint density at radius 2 is 0.865 bits per heavy atom. The minimum Gasteiger partial charge on any atom is -0.550 e. The zero-order valence-electron chi connectivity index (χ0n) is 24.3. The highest BCUT2D eigenvalue weighted by molar-refractivity contribution is 5.70. The Morgan fingerprint density at radius 1 is 0.568 bits per heavy atom. The first-order valence-corrected chi connectivity index (χ1v) is 15.1. The molecule has 0 fully saturated rings. The zero-order valence-corrected chi connectivity index (χ0v) is 24.3. The van der Waals surface area contributed by atoms with Gasteiger partial charge in [0.15, 0.2) is 0 Å². The van der Waals surface area contributed by atoms with Gasteiger partial charge in [-0.1, -0.05) is 104 Å². The van der Waals surface area contributed by atoms with Crippen LogP contribution < -0.4 is 5.11 Å². The first-order valence-electron chi connectivity index (χ1n) is 15.1. The van der Waals surface area contributed by atoms with Gasteiger partial charge in [0.25, 0.3) is 0 Å². The van der Waals surface area contributed by atoms with E-state index in [0.29, 0.717) is 6.54 Å². The van der Waals surface area contributed by atoms with Gasteiger partial charge >= 0.3 is 11.9 Å². The van der Waals surface area contributed by atoms with E-state index in [0.717, 1.165) is 19.3 Å². The highest BCUT2D eigenvalue weighted by Crippen LogP contribution is 2.22. The fraction of sp³-hybridized carbons (Fsp3) is 0.900. The van der Waals surface area contributed by atoms with Gasteiger partial charge in [0.1, 0.15) is 11.8 Å². The van der Waals surface area contributed by atoms with Crippen molar-refractivity contribution in [1.29, 1.82) is 0 Å². The van der Waals surface area contributed by atoms with Crippen molar-refractivity contribution in [2.24, 2.45) is 17.8 Å². The van der Waals surface area contributed by atoms with E-state index >= 15 is 0 Å². The van der Waals surface area contributed by atoms with Crippen molar-refractivity contribution in [1.82, 2.24) is 0 Å². The summed E-state index contributed by atoms with van der Waals surface area (Å²) in [6.07, 6.45) is 20.1. The zero-order chi connectivity index (χ0) is 28.1. The van der Waals surface area contributed by atoms with Crippen LogP contribution in [0.15, 0.2) is 0 Å². The predicted octanol–water partition coefficient (Wildman–Crippen LogP) is 5.89. The summed E-state index contributed by atoms with van der Waals surface area (Å²) in [6.45, 7) is 8.27. The number of quaternary nitrogens is 1. The summed E-state index contributed by atoms with van der Waals surface area (Å²) < 4.78 is 0.189. The molecule has 0 bridgehead atoms. The molecule has 0 saturated heterocycles. The van der Waals surface area contributed by atoms with Crippen molar-refractivity contribution in [2.45, 2.75) is 130 Å². The molecule has 2 N–H and O–H groups in total. The molecule has 0 spiro atoms. The standard InChI is InChI=1S/C30H57NO6/c1-5-6-7-8-9-10-11-12-13-14-15-16-17-18-19-20-21-31(22-25(2)28(32)33,23-26(3)29(34)35)24-27(4)30(36)37/h25-27H,5-24H2,1-4H3,(H2-,32,33,34,35,36,37). The smallest absolute Gasteiger partial charge is 0.311 e. The van der Waals surface area contributed by atoms with Crippen LogP contribution in [0.2, 0.25) is 0 Å². The van der Waals surface area contributed by atoms with E-state index in [9.17, 15) is 29.7 Å². The number of unbranched alkanes of at least 4 members (excludes halogenated alkanes) is 15. The molecule has 7 heteroatoms. The Balaban J connectivity index is 4.45. The van der Waals surface area contributed by atoms with Crippen LogP contribution in [0.25, 0.3) is 0 Å². The molecule has 0 saturated carbocycles. The second-order valence-corrected chi connectivity index (χ2v) is 11.6. The molecule has 0 aliphatic heterocycles. The van der Waals surface area contributed by atoms with Gasteiger partial charge in [0, 0.05) is 11.9 Å². The molecule has 0 rings (SSSR count). The maximum Gasteiger partial charge on any atom is 0.311 e. The Bertz CT molecular complexity index is 568. The van der Waals surface area contributed by atoms with Gasteiger partial charge < -0.3 is 24.6 Å². The predicted molar refractivity (Wildman–Crippen MR) is 147 cm³/mol. The molecule has 0 aromatic rings. The van der Waals surface area contributed by atoms with Gasteiger partial charge in [-0.15, -0.1) is 0 Å². The van der Waals surface area contributed by atoms with Crippen molar-refractivity contribution in [3.8, 4) is 0 Å². The van der Waals surface area contributed by atoms with E-state index in [-0.39, 0.29) is 24.1 Å². The normalized spacial score (nSPS) is 15.6. The first kappa shape index (κ1) is 35.4. The highest BCUT2D eigenvalue weighted by Gasteiger charge is 2.36. The third kappa shape index (κ3) is 18.3. The summed E-state index contributed by atoms with van der Waals surface area (Å²) in [5.41, 5.74) is 0. The molecule has 218 valence electrons. The van der Waals surface area contributed by atoms with Crippen molar-refractivity contribution >= 4 is 17.9 Å². The Labute approximate surface area is 226 Å². The molecule has 0 radical (unpaired) electrons. The van der Waals surface area contributed by atoms with Crippen LogP contribution in [-0.2, 0) is 14.4 Å². The molecule has 0 aliphatic carbocycles. The van der Waals surface area contributed by atoms with Crippen molar-refractivity contribution in [3.63, 3.8) is 0 Å². The van der Waals surface area contributed by atoms with E-state index in [2.05, 4.69) is 6.92 Å². The number of nitrogens with zero attached hydrogens (tertiary/aromatic N) is 1. The Hall–Kier alpha value is -1.63. The first-order chi connectivity index (χ1) is 17.5. The van der Waals surface area contributed by atoms with Gasteiger partial charge in [0.2, 0.25) is 0 Å². The van der Waals surface area contributed by atoms with Crippen LogP contribution in [0, 0.1) is 17.8 Å². The van der Waals surface area contributed by atoms with E-state index in [4.69, 9.17) is 0 Å². The van der Waals surface area contributed by atoms with E-state index < -0.39 is 35.7 Å². The third-order valence-electron chi connectivity index (χ3n) is 7.71. The molecule has 0 aromatic carbocycles. The summed E-state index contributed by atoms with van der Waals surface area (Å²) in [7, 11) is 0. The van der Waals surface area contributed by atoms with Gasteiger partial charge in [-0.2, -0.15) is 0 Å². The third-order valence-corrected chi connectivity index (χ3v) is 7.71. The maximum atomic E-state index is 11.6. The second kappa shape index (κ2) is 21.3. The molecule has 3 atom stereocenters.